The summed E-state index contributed by atoms with van der Waals surface area (Å²) in [4.78, 5) is 29.4. The molecule has 2 aromatic rings. The molecule has 0 saturated carbocycles. The van der Waals surface area contributed by atoms with E-state index in [2.05, 4.69) is 32.1 Å². The summed E-state index contributed by atoms with van der Waals surface area (Å²) in [5.41, 5.74) is 14.2. The molecule has 39 heavy (non-hydrogen) atoms. The van der Waals surface area contributed by atoms with Crippen LogP contribution in [0.1, 0.15) is 51.8 Å². The minimum atomic E-state index is -0.521. The highest BCUT2D eigenvalue weighted by molar-refractivity contribution is 5.89. The molecule has 0 radical (unpaired) electrons. The lowest BCUT2D eigenvalue weighted by Gasteiger charge is -2.37. The summed E-state index contributed by atoms with van der Waals surface area (Å²) >= 11 is 0. The Morgan fingerprint density at radius 2 is 1.74 bits per heavy atom. The minimum Gasteiger partial charge on any atom is -0.496 e. The largest absolute Gasteiger partial charge is 0.496 e. The van der Waals surface area contributed by atoms with Crippen LogP contribution in [0.5, 0.6) is 11.5 Å². The Morgan fingerprint density at radius 3 is 2.31 bits per heavy atom. The van der Waals surface area contributed by atoms with Crippen molar-refractivity contribution in [2.24, 2.45) is 4.99 Å². The first kappa shape index (κ1) is 29.6. The zero-order valence-corrected chi connectivity index (χ0v) is 23.9. The number of nitrogen functional groups attached to an aromatic ring is 2. The van der Waals surface area contributed by atoms with E-state index in [0.29, 0.717) is 54.9 Å². The lowest BCUT2D eigenvalue weighted by Crippen LogP contribution is -2.50. The van der Waals surface area contributed by atoms with E-state index in [-0.39, 0.29) is 18.6 Å². The van der Waals surface area contributed by atoms with Gasteiger partial charge in [-0.15, -0.1) is 0 Å². The van der Waals surface area contributed by atoms with Crippen LogP contribution in [-0.2, 0) is 11.3 Å². The van der Waals surface area contributed by atoms with Crippen LogP contribution < -0.4 is 31.2 Å². The van der Waals surface area contributed by atoms with Gasteiger partial charge in [0.05, 0.1) is 26.3 Å². The maximum absolute atomic E-state index is 12.4. The van der Waals surface area contributed by atoms with Gasteiger partial charge >= 0.3 is 6.09 Å². The van der Waals surface area contributed by atoms with E-state index in [4.69, 9.17) is 25.7 Å². The van der Waals surface area contributed by atoms with Crippen molar-refractivity contribution in [2.75, 3.05) is 68.6 Å². The van der Waals surface area contributed by atoms with Crippen LogP contribution in [0.25, 0.3) is 0 Å². The smallest absolute Gasteiger partial charge is 0.410 e. The van der Waals surface area contributed by atoms with Crippen LogP contribution in [0.3, 0.4) is 0 Å². The first-order valence-electron chi connectivity index (χ1n) is 13.2. The van der Waals surface area contributed by atoms with Gasteiger partial charge in [-0.25, -0.2) is 9.78 Å². The second kappa shape index (κ2) is 13.2. The number of aromatic nitrogens is 2. The molecule has 1 aliphatic rings. The van der Waals surface area contributed by atoms with Crippen molar-refractivity contribution in [2.45, 2.75) is 52.7 Å². The third-order valence-corrected chi connectivity index (χ3v) is 6.17. The molecule has 5 N–H and O–H groups in total. The standard InChI is InChI=1S/C27H42N8O4/c1-7-8-9-31-24-23(28)20(32-25(29)33-24)17-30-16-19-21(37-5)14-18(15-22(19)38-6)34-10-12-35(13-11-34)26(36)39-27(2,3)4/h14-15,17H,7-13,16,28H2,1-6H3,(H3,29,31,32,33). The molecule has 1 saturated heterocycles. The summed E-state index contributed by atoms with van der Waals surface area (Å²) in [7, 11) is 3.23. The van der Waals surface area contributed by atoms with Gasteiger partial charge in [0.1, 0.15) is 28.5 Å². The molecule has 12 nitrogen and oxygen atoms in total. The summed E-state index contributed by atoms with van der Waals surface area (Å²) < 4.78 is 16.9. The van der Waals surface area contributed by atoms with E-state index in [9.17, 15) is 4.79 Å². The van der Waals surface area contributed by atoms with E-state index in [1.165, 1.54) is 0 Å². The quantitative estimate of drug-likeness (QED) is 0.300. The summed E-state index contributed by atoms with van der Waals surface area (Å²) in [6, 6.07) is 3.92. The molecule has 1 aromatic heterocycles. The van der Waals surface area contributed by atoms with Gasteiger partial charge < -0.3 is 40.8 Å². The molecule has 3 rings (SSSR count). The van der Waals surface area contributed by atoms with E-state index >= 15 is 0 Å². The van der Waals surface area contributed by atoms with Gasteiger partial charge in [-0.1, -0.05) is 13.3 Å². The van der Waals surface area contributed by atoms with Crippen LogP contribution >= 0.6 is 0 Å². The molecule has 1 aliphatic heterocycles. The Labute approximate surface area is 230 Å². The topological polar surface area (TPSA) is 153 Å². The fourth-order valence-electron chi connectivity index (χ4n) is 4.13. The highest BCUT2D eigenvalue weighted by atomic mass is 16.6. The number of ether oxygens (including phenoxy) is 3. The summed E-state index contributed by atoms with van der Waals surface area (Å²) in [6.45, 7) is 11.2. The molecule has 0 unspecified atom stereocenters. The lowest BCUT2D eigenvalue weighted by molar-refractivity contribution is 0.0240. The van der Waals surface area contributed by atoms with Gasteiger partial charge in [0.25, 0.3) is 0 Å². The van der Waals surface area contributed by atoms with Crippen molar-refractivity contribution in [1.82, 2.24) is 14.9 Å². The van der Waals surface area contributed by atoms with E-state index in [1.54, 1.807) is 25.3 Å². The number of hydrogen-bond acceptors (Lipinski definition) is 11. The third-order valence-electron chi connectivity index (χ3n) is 6.17. The maximum atomic E-state index is 12.4. The molecule has 1 amide bonds. The van der Waals surface area contributed by atoms with E-state index in [1.807, 2.05) is 32.9 Å². The van der Waals surface area contributed by atoms with Gasteiger partial charge in [0.15, 0.2) is 5.82 Å². The van der Waals surface area contributed by atoms with Crippen LogP contribution in [0.2, 0.25) is 0 Å². The van der Waals surface area contributed by atoms with Gasteiger partial charge in [-0.3, -0.25) is 4.99 Å². The normalized spacial score (nSPS) is 14.0. The van der Waals surface area contributed by atoms with Gasteiger partial charge in [0, 0.05) is 56.8 Å². The Balaban J connectivity index is 1.74. The van der Waals surface area contributed by atoms with Crippen molar-refractivity contribution in [3.63, 3.8) is 0 Å². The molecule has 0 bridgehead atoms. The number of piperazine rings is 1. The molecule has 0 aliphatic carbocycles. The molecule has 0 atom stereocenters. The number of aliphatic imine (C=N–C) groups is 1. The number of anilines is 4. The third kappa shape index (κ3) is 8.01. The fraction of sp³-hybridized carbons (Fsp3) is 0.556. The first-order chi connectivity index (χ1) is 18.6. The number of methoxy groups -OCH3 is 2. The predicted molar refractivity (Wildman–Crippen MR) is 155 cm³/mol. The molecule has 1 fully saturated rings. The number of benzene rings is 1. The zero-order valence-electron chi connectivity index (χ0n) is 23.9. The van der Waals surface area contributed by atoms with Crippen LogP contribution in [-0.4, -0.2) is 79.7 Å². The highest BCUT2D eigenvalue weighted by Gasteiger charge is 2.27. The number of nitrogens with one attached hydrogen (secondary N) is 1. The SMILES string of the molecule is CCCCNc1nc(N)nc(C=NCc2c(OC)cc(N3CCN(C(=O)OC(C)(C)C)CC3)cc2OC)c1N. The van der Waals surface area contributed by atoms with Crippen molar-refractivity contribution in [1.29, 1.82) is 0 Å². The minimum absolute atomic E-state index is 0.121. The monoisotopic (exact) mass is 542 g/mol. The molecule has 0 spiro atoms. The molecular formula is C27H42N8O4. The second-order valence-corrected chi connectivity index (χ2v) is 10.3. The Bertz CT molecular complexity index is 1130. The average Bonchev–Trinajstić information content (AvgIpc) is 2.90. The van der Waals surface area contributed by atoms with Crippen molar-refractivity contribution in [3.8, 4) is 11.5 Å². The number of unbranched alkanes of at least 4 members (excludes halogenated alkanes) is 1. The lowest BCUT2D eigenvalue weighted by atomic mass is 10.1. The fourth-order valence-corrected chi connectivity index (χ4v) is 4.13. The summed E-state index contributed by atoms with van der Waals surface area (Å²) in [6.07, 6.45) is 3.33. The summed E-state index contributed by atoms with van der Waals surface area (Å²) in [5.74, 6) is 1.92. The molecule has 12 heteroatoms. The maximum Gasteiger partial charge on any atom is 0.410 e. The van der Waals surface area contributed by atoms with Crippen LogP contribution in [0.15, 0.2) is 17.1 Å². The second-order valence-electron chi connectivity index (χ2n) is 10.3. The number of nitrogens with two attached hydrogens (primary N) is 2. The first-order valence-corrected chi connectivity index (χ1v) is 13.2. The number of amides is 1. The van der Waals surface area contributed by atoms with Gasteiger partial charge in [-0.05, 0) is 27.2 Å². The Morgan fingerprint density at radius 1 is 1.10 bits per heavy atom. The number of carbonyl (C=O) groups excluding carboxylic acids is 1. The Kier molecular flexibility index (Phi) is 10.0. The number of nitrogens with zero attached hydrogens (tertiary/aromatic N) is 5. The van der Waals surface area contributed by atoms with Crippen molar-refractivity contribution < 1.29 is 19.0 Å². The molecular weight excluding hydrogens is 500 g/mol. The van der Waals surface area contributed by atoms with Gasteiger partial charge in [0.2, 0.25) is 5.95 Å². The highest BCUT2D eigenvalue weighted by Crippen LogP contribution is 2.35. The van der Waals surface area contributed by atoms with Crippen molar-refractivity contribution >= 4 is 35.4 Å². The van der Waals surface area contributed by atoms with E-state index < -0.39 is 5.60 Å². The van der Waals surface area contributed by atoms with Crippen LogP contribution in [0.4, 0.5) is 27.9 Å². The predicted octanol–water partition coefficient (Wildman–Crippen LogP) is 3.55. The average molecular weight is 543 g/mol. The van der Waals surface area contributed by atoms with Crippen molar-refractivity contribution in [3.05, 3.63) is 23.4 Å². The van der Waals surface area contributed by atoms with E-state index in [0.717, 1.165) is 30.6 Å². The molecule has 1 aromatic carbocycles. The number of carbonyl (C=O) groups is 1. The van der Waals surface area contributed by atoms with Crippen LogP contribution in [0, 0.1) is 0 Å². The Hall–Kier alpha value is -3.96. The zero-order chi connectivity index (χ0) is 28.6. The number of hydrogen-bond donors (Lipinski definition) is 3. The molecule has 214 valence electrons. The summed E-state index contributed by atoms with van der Waals surface area (Å²) in [5, 5.41) is 3.20. The molecule has 2 heterocycles. The van der Waals surface area contributed by atoms with Gasteiger partial charge in [-0.2, -0.15) is 4.98 Å². The number of rotatable bonds is 10.